The summed E-state index contributed by atoms with van der Waals surface area (Å²) in [5.74, 6) is 2.44. The Morgan fingerprint density at radius 3 is 2.79 bits per heavy atom. The average molecular weight is 528 g/mol. The maximum Gasteiger partial charge on any atom is 0.253 e. The Balaban J connectivity index is 1.08. The molecular weight excluding hydrogens is 502 g/mol. The normalized spacial score (nSPS) is 20.2. The highest BCUT2D eigenvalue weighted by atomic mass is 35.5. The van der Waals surface area contributed by atoms with Crippen molar-refractivity contribution in [2.75, 3.05) is 24.6 Å². The summed E-state index contributed by atoms with van der Waals surface area (Å²) in [6, 6.07) is 11.9. The summed E-state index contributed by atoms with van der Waals surface area (Å²) in [5, 5.41) is 16.3. The number of carbonyl (C=O) groups is 1. The van der Waals surface area contributed by atoms with Crippen molar-refractivity contribution >= 4 is 39.9 Å². The molecule has 9 nitrogen and oxygen atoms in total. The first-order valence-electron chi connectivity index (χ1n) is 12.8. The first kappa shape index (κ1) is 23.0. The van der Waals surface area contributed by atoms with Crippen LogP contribution in [0.3, 0.4) is 0 Å². The Bertz CT molecular complexity index is 1660. The Labute approximate surface area is 223 Å². The molecule has 2 fully saturated rings. The molecule has 1 unspecified atom stereocenters. The monoisotopic (exact) mass is 527 g/mol. The third kappa shape index (κ3) is 3.68. The molecule has 1 saturated heterocycles. The lowest BCUT2D eigenvalue weighted by Gasteiger charge is -2.21. The molecule has 0 spiro atoms. The number of carbonyl (C=O) groups excluding carboxylic acids is 1. The molecule has 7 rings (SSSR count). The van der Waals surface area contributed by atoms with Crippen molar-refractivity contribution in [1.82, 2.24) is 30.1 Å². The van der Waals surface area contributed by atoms with Crippen LogP contribution < -0.4 is 15.0 Å². The fraction of sp³-hybridized carbons (Fsp3) is 0.286. The molecule has 1 saturated carbocycles. The molecule has 38 heavy (non-hydrogen) atoms. The minimum absolute atomic E-state index is 0.0891. The number of anilines is 1. The predicted octanol–water partition coefficient (Wildman–Crippen LogP) is 4.50. The van der Waals surface area contributed by atoms with Crippen LogP contribution in [-0.4, -0.2) is 56.4 Å². The van der Waals surface area contributed by atoms with Gasteiger partial charge in [0.25, 0.3) is 5.91 Å². The zero-order valence-corrected chi connectivity index (χ0v) is 21.7. The summed E-state index contributed by atoms with van der Waals surface area (Å²) in [7, 11) is 0. The maximum absolute atomic E-state index is 12.9. The lowest BCUT2D eigenvalue weighted by Crippen LogP contribution is -2.35. The molecule has 0 radical (unpaired) electrons. The number of aromatic nitrogens is 5. The predicted molar refractivity (Wildman–Crippen MR) is 146 cm³/mol. The van der Waals surface area contributed by atoms with Gasteiger partial charge in [-0.2, -0.15) is 5.10 Å². The van der Waals surface area contributed by atoms with Crippen molar-refractivity contribution < 1.29 is 9.53 Å². The van der Waals surface area contributed by atoms with E-state index in [1.54, 1.807) is 12.3 Å². The van der Waals surface area contributed by atoms with Gasteiger partial charge in [-0.25, -0.2) is 9.50 Å². The molecule has 4 aromatic heterocycles. The molecule has 2 aliphatic rings. The number of piperidine rings is 1. The number of aromatic amines is 1. The third-order valence-electron chi connectivity index (χ3n) is 7.74. The van der Waals surface area contributed by atoms with Crippen LogP contribution in [0.5, 0.6) is 5.75 Å². The molecule has 1 aromatic carbocycles. The molecule has 1 aliphatic heterocycles. The number of ether oxygens (including phenoxy) is 1. The molecule has 5 heterocycles. The Hall–Kier alpha value is -4.11. The fourth-order valence-electron chi connectivity index (χ4n) is 5.81. The second kappa shape index (κ2) is 8.73. The summed E-state index contributed by atoms with van der Waals surface area (Å²) in [6.45, 7) is 6.18. The molecule has 5 aromatic rings. The van der Waals surface area contributed by atoms with E-state index in [1.807, 2.05) is 49.0 Å². The second-order valence-corrected chi connectivity index (χ2v) is 10.4. The summed E-state index contributed by atoms with van der Waals surface area (Å²) in [4.78, 5) is 20.0. The van der Waals surface area contributed by atoms with E-state index in [9.17, 15) is 4.79 Å². The first-order chi connectivity index (χ1) is 18.5. The zero-order chi connectivity index (χ0) is 26.0. The third-order valence-corrected chi connectivity index (χ3v) is 8.05. The number of aryl methyl sites for hydroxylation is 1. The van der Waals surface area contributed by atoms with E-state index in [0.717, 1.165) is 57.9 Å². The van der Waals surface area contributed by atoms with Gasteiger partial charge in [0.05, 0.1) is 40.5 Å². The van der Waals surface area contributed by atoms with Crippen LogP contribution in [-0.2, 0) is 0 Å². The average Bonchev–Trinajstić information content (AvgIpc) is 3.31. The Morgan fingerprint density at radius 1 is 1.21 bits per heavy atom. The highest BCUT2D eigenvalue weighted by Gasteiger charge is 2.56. The number of rotatable bonds is 6. The summed E-state index contributed by atoms with van der Waals surface area (Å²) in [5.41, 5.74) is 5.12. The molecule has 3 atom stereocenters. The van der Waals surface area contributed by atoms with Gasteiger partial charge in [0.15, 0.2) is 5.65 Å². The van der Waals surface area contributed by atoms with E-state index in [2.05, 4.69) is 37.6 Å². The van der Waals surface area contributed by atoms with Crippen molar-refractivity contribution in [1.29, 1.82) is 0 Å². The molecule has 2 N–H and O–H groups in total. The van der Waals surface area contributed by atoms with Crippen molar-refractivity contribution in [2.24, 2.45) is 11.8 Å². The van der Waals surface area contributed by atoms with Gasteiger partial charge in [0.1, 0.15) is 11.6 Å². The molecule has 1 aliphatic carbocycles. The number of H-pyrrole nitrogens is 1. The van der Waals surface area contributed by atoms with Crippen LogP contribution in [0.25, 0.3) is 27.7 Å². The van der Waals surface area contributed by atoms with Crippen LogP contribution in [0.15, 0.2) is 55.0 Å². The lowest BCUT2D eigenvalue weighted by molar-refractivity contribution is 0.0946. The molecule has 192 valence electrons. The number of benzene rings is 1. The van der Waals surface area contributed by atoms with Crippen LogP contribution in [0.1, 0.15) is 22.8 Å². The Kier molecular flexibility index (Phi) is 5.29. The maximum atomic E-state index is 12.9. The standard InChI is InChI=1S/C28H26ClN7O2/c1-3-38-17-9-18(26-19-11-31-33-27(19)34-36(26)12-17)16-7-8-23(30-10-16)35-13-20-21(14-35)25(20)32-28(37)24-15(2)5-4-6-22(24)29/h4-12,20-21,25H,3,13-14H2,1-2H3,(H,32,37)(H,33,34)/t20-,21+,25?. The van der Waals surface area contributed by atoms with Crippen LogP contribution in [0.4, 0.5) is 5.82 Å². The molecule has 1 amide bonds. The highest BCUT2D eigenvalue weighted by Crippen LogP contribution is 2.47. The summed E-state index contributed by atoms with van der Waals surface area (Å²) in [6.07, 6.45) is 5.58. The van der Waals surface area contributed by atoms with E-state index in [0.29, 0.717) is 29.0 Å². The number of nitrogens with zero attached hydrogens (tertiary/aromatic N) is 5. The van der Waals surface area contributed by atoms with Crippen LogP contribution >= 0.6 is 11.6 Å². The van der Waals surface area contributed by atoms with E-state index in [1.165, 1.54) is 0 Å². The van der Waals surface area contributed by atoms with E-state index < -0.39 is 0 Å². The first-order valence-corrected chi connectivity index (χ1v) is 13.1. The van der Waals surface area contributed by atoms with E-state index >= 15 is 0 Å². The number of halogens is 1. The smallest absolute Gasteiger partial charge is 0.253 e. The second-order valence-electron chi connectivity index (χ2n) is 10.0. The molecular formula is C28H26ClN7O2. The largest absolute Gasteiger partial charge is 0.492 e. The Morgan fingerprint density at radius 2 is 2.05 bits per heavy atom. The van der Waals surface area contributed by atoms with Crippen LogP contribution in [0, 0.1) is 18.8 Å². The van der Waals surface area contributed by atoms with Gasteiger partial charge >= 0.3 is 0 Å². The van der Waals surface area contributed by atoms with Gasteiger partial charge in [0.2, 0.25) is 0 Å². The van der Waals surface area contributed by atoms with Gasteiger partial charge in [-0.3, -0.25) is 9.89 Å². The van der Waals surface area contributed by atoms with Crippen molar-refractivity contribution in [3.05, 3.63) is 71.1 Å². The minimum atomic E-state index is -0.0891. The highest BCUT2D eigenvalue weighted by molar-refractivity contribution is 6.34. The van der Waals surface area contributed by atoms with Gasteiger partial charge in [0, 0.05) is 48.3 Å². The molecule has 10 heteroatoms. The number of fused-ring (bicyclic) bond motifs is 4. The number of nitrogens with one attached hydrogen (secondary N) is 2. The van der Waals surface area contributed by atoms with Crippen molar-refractivity contribution in [3.63, 3.8) is 0 Å². The van der Waals surface area contributed by atoms with E-state index in [4.69, 9.17) is 21.3 Å². The SMILES string of the molecule is CCOc1cc(-c2ccc(N3C[C@@H]4C(NC(=O)c5c(C)cccc5Cl)[C@@H]4C3)nc2)c2c3cn[nH]c3nn2c1. The molecule has 0 bridgehead atoms. The zero-order valence-electron chi connectivity index (χ0n) is 21.0. The van der Waals surface area contributed by atoms with Gasteiger partial charge in [-0.1, -0.05) is 23.7 Å². The number of pyridine rings is 2. The number of amides is 1. The van der Waals surface area contributed by atoms with Gasteiger partial charge in [-0.15, -0.1) is 5.10 Å². The fourth-order valence-corrected chi connectivity index (χ4v) is 6.12. The lowest BCUT2D eigenvalue weighted by atomic mass is 10.1. The van der Waals surface area contributed by atoms with Gasteiger partial charge < -0.3 is 15.0 Å². The van der Waals surface area contributed by atoms with Crippen LogP contribution in [0.2, 0.25) is 5.02 Å². The number of hydrogen-bond donors (Lipinski definition) is 2. The van der Waals surface area contributed by atoms with Gasteiger partial charge in [-0.05, 0) is 43.7 Å². The summed E-state index contributed by atoms with van der Waals surface area (Å²) >= 11 is 6.29. The van der Waals surface area contributed by atoms with Crippen molar-refractivity contribution in [2.45, 2.75) is 19.9 Å². The quantitative estimate of drug-likeness (QED) is 0.337. The summed E-state index contributed by atoms with van der Waals surface area (Å²) < 4.78 is 7.63. The minimum Gasteiger partial charge on any atom is -0.492 e. The van der Waals surface area contributed by atoms with E-state index in [-0.39, 0.29) is 11.9 Å². The number of hydrogen-bond acceptors (Lipinski definition) is 6. The van der Waals surface area contributed by atoms with Crippen molar-refractivity contribution in [3.8, 4) is 16.9 Å². The topological polar surface area (TPSA) is 100 Å².